The van der Waals surface area contributed by atoms with Crippen molar-refractivity contribution in [1.29, 1.82) is 0 Å². The molecule has 5 heteroatoms. The lowest BCUT2D eigenvalue weighted by Gasteiger charge is -1.87. The van der Waals surface area contributed by atoms with Crippen LogP contribution in [0.25, 0.3) is 0 Å². The van der Waals surface area contributed by atoms with Gasteiger partial charge in [-0.1, -0.05) is 0 Å². The molecule has 0 bridgehead atoms. The van der Waals surface area contributed by atoms with Crippen molar-refractivity contribution >= 4 is 23.2 Å². The SMILES string of the molecule is CCO.FC(F)(Cl)Cl. The van der Waals surface area contributed by atoms with Crippen LogP contribution in [0.3, 0.4) is 0 Å². The molecular formula is C3H6Cl2F2O. The normalized spacial score (nSPS) is 9.75. The maximum absolute atomic E-state index is 10.6. The highest BCUT2D eigenvalue weighted by Gasteiger charge is 2.17. The van der Waals surface area contributed by atoms with Crippen LogP contribution in [-0.4, -0.2) is 16.6 Å². The van der Waals surface area contributed by atoms with Gasteiger partial charge in [0.05, 0.1) is 0 Å². The van der Waals surface area contributed by atoms with Crippen LogP contribution in [0.15, 0.2) is 0 Å². The fraction of sp³-hybridized carbons (Fsp3) is 1.00. The van der Waals surface area contributed by atoms with Gasteiger partial charge in [0.15, 0.2) is 0 Å². The Morgan fingerprint density at radius 3 is 1.50 bits per heavy atom. The maximum Gasteiger partial charge on any atom is 0.401 e. The summed E-state index contributed by atoms with van der Waals surface area (Å²) in [5.74, 6) is 0. The highest BCUT2D eigenvalue weighted by Crippen LogP contribution is 2.22. The van der Waals surface area contributed by atoms with Crippen molar-refractivity contribution in [3.05, 3.63) is 0 Å². The van der Waals surface area contributed by atoms with Gasteiger partial charge in [0, 0.05) is 6.61 Å². The van der Waals surface area contributed by atoms with Gasteiger partial charge in [0.1, 0.15) is 0 Å². The van der Waals surface area contributed by atoms with Crippen molar-refractivity contribution in [2.75, 3.05) is 6.61 Å². The molecule has 1 N–H and O–H groups in total. The second-order valence-corrected chi connectivity index (χ2v) is 1.89. The molecule has 0 rings (SSSR count). The fourth-order valence-corrected chi connectivity index (χ4v) is 0. The molecular weight excluding hydrogens is 161 g/mol. The van der Waals surface area contributed by atoms with E-state index in [1.165, 1.54) is 0 Å². The summed E-state index contributed by atoms with van der Waals surface area (Å²) >= 11 is 7.92. The first-order valence-corrected chi connectivity index (χ1v) is 2.54. The second kappa shape index (κ2) is 5.54. The lowest BCUT2D eigenvalue weighted by Crippen LogP contribution is -1.86. The third-order valence-electron chi connectivity index (χ3n) is 0. The van der Waals surface area contributed by atoms with E-state index >= 15 is 0 Å². The summed E-state index contributed by atoms with van der Waals surface area (Å²) in [6, 6.07) is 0. The first-order valence-electron chi connectivity index (χ1n) is 1.78. The third-order valence-corrected chi connectivity index (χ3v) is 0. The molecule has 0 aromatic rings. The highest BCUT2D eigenvalue weighted by molar-refractivity contribution is 6.45. The zero-order chi connectivity index (χ0) is 7.21. The molecule has 8 heavy (non-hydrogen) atoms. The largest absolute Gasteiger partial charge is 0.401 e. The molecule has 0 saturated carbocycles. The summed E-state index contributed by atoms with van der Waals surface area (Å²) in [6.45, 7) is 1.93. The van der Waals surface area contributed by atoms with E-state index < -0.39 is 4.84 Å². The first-order chi connectivity index (χ1) is 3.41. The van der Waals surface area contributed by atoms with E-state index in [9.17, 15) is 8.78 Å². The first kappa shape index (κ1) is 11.2. The summed E-state index contributed by atoms with van der Waals surface area (Å²) in [4.78, 5) is -3.56. The number of hydrogen-bond donors (Lipinski definition) is 1. The number of aliphatic hydroxyl groups is 1. The Morgan fingerprint density at radius 2 is 1.50 bits per heavy atom. The number of alkyl halides is 4. The Morgan fingerprint density at radius 1 is 1.50 bits per heavy atom. The molecule has 0 amide bonds. The Labute approximate surface area is 56.2 Å². The van der Waals surface area contributed by atoms with E-state index in [1.54, 1.807) is 6.92 Å². The highest BCUT2D eigenvalue weighted by atomic mass is 35.5. The van der Waals surface area contributed by atoms with Gasteiger partial charge in [-0.2, -0.15) is 8.78 Å². The van der Waals surface area contributed by atoms with Crippen LogP contribution in [0, 0.1) is 0 Å². The molecule has 0 aliphatic heterocycles. The predicted molar refractivity (Wildman–Crippen MR) is 29.4 cm³/mol. The van der Waals surface area contributed by atoms with E-state index in [1.807, 2.05) is 0 Å². The van der Waals surface area contributed by atoms with Crippen LogP contribution >= 0.6 is 23.2 Å². The zero-order valence-corrected chi connectivity index (χ0v) is 5.68. The van der Waals surface area contributed by atoms with E-state index in [-0.39, 0.29) is 6.61 Å². The molecule has 52 valence electrons. The molecule has 0 fully saturated rings. The molecule has 0 aromatic heterocycles. The Kier molecular flexibility index (Phi) is 7.77. The molecule has 0 heterocycles. The Hall–Kier alpha value is 0.400. The third kappa shape index (κ3) is 1170. The minimum absolute atomic E-state index is 0.250. The number of rotatable bonds is 0. The van der Waals surface area contributed by atoms with Crippen molar-refractivity contribution < 1.29 is 13.9 Å². The van der Waals surface area contributed by atoms with Crippen molar-refractivity contribution in [3.8, 4) is 0 Å². The number of hydrogen-bond acceptors (Lipinski definition) is 1. The van der Waals surface area contributed by atoms with E-state index in [2.05, 4.69) is 23.2 Å². The zero-order valence-electron chi connectivity index (χ0n) is 4.17. The van der Waals surface area contributed by atoms with Crippen LogP contribution in [0.1, 0.15) is 6.92 Å². The molecule has 0 aromatic carbocycles. The topological polar surface area (TPSA) is 20.2 Å². The Bertz CT molecular complexity index is 39.0. The van der Waals surface area contributed by atoms with Gasteiger partial charge < -0.3 is 5.11 Å². The van der Waals surface area contributed by atoms with Crippen LogP contribution in [-0.2, 0) is 0 Å². The number of aliphatic hydroxyl groups excluding tert-OH is 1. The molecule has 0 saturated heterocycles. The van der Waals surface area contributed by atoms with Crippen LogP contribution in [0.5, 0.6) is 0 Å². The fourth-order valence-electron chi connectivity index (χ4n) is 0. The minimum atomic E-state index is -3.56. The quantitative estimate of drug-likeness (QED) is 0.547. The molecule has 0 spiro atoms. The Balaban J connectivity index is 0. The molecule has 1 nitrogen and oxygen atoms in total. The van der Waals surface area contributed by atoms with Gasteiger partial charge in [-0.05, 0) is 30.1 Å². The average molecular weight is 167 g/mol. The van der Waals surface area contributed by atoms with Gasteiger partial charge in [0.2, 0.25) is 0 Å². The molecule has 0 aliphatic rings. The number of halogens is 4. The average Bonchev–Trinajstić information content (AvgIpc) is 1.27. The summed E-state index contributed by atoms with van der Waals surface area (Å²) in [5.41, 5.74) is 0. The van der Waals surface area contributed by atoms with Crippen LogP contribution < -0.4 is 0 Å². The van der Waals surface area contributed by atoms with E-state index in [4.69, 9.17) is 5.11 Å². The van der Waals surface area contributed by atoms with Gasteiger partial charge >= 0.3 is 4.84 Å². The van der Waals surface area contributed by atoms with Crippen molar-refractivity contribution in [3.63, 3.8) is 0 Å². The molecule has 0 atom stereocenters. The summed E-state index contributed by atoms with van der Waals surface area (Å²) < 4.78 is 21.1. The van der Waals surface area contributed by atoms with Gasteiger partial charge in [0.25, 0.3) is 0 Å². The maximum atomic E-state index is 10.6. The molecule has 0 aliphatic carbocycles. The summed E-state index contributed by atoms with van der Waals surface area (Å²) in [6.07, 6.45) is 0. The predicted octanol–water partition coefficient (Wildman–Crippen LogP) is 2.01. The van der Waals surface area contributed by atoms with Gasteiger partial charge in [-0.25, -0.2) is 0 Å². The van der Waals surface area contributed by atoms with Crippen molar-refractivity contribution in [2.24, 2.45) is 0 Å². The van der Waals surface area contributed by atoms with Crippen LogP contribution in [0.4, 0.5) is 8.78 Å². The molecule has 0 radical (unpaired) electrons. The van der Waals surface area contributed by atoms with Crippen molar-refractivity contribution in [1.82, 2.24) is 0 Å². The van der Waals surface area contributed by atoms with Gasteiger partial charge in [-0.3, -0.25) is 0 Å². The second-order valence-electron chi connectivity index (χ2n) is 0.745. The molecule has 0 unspecified atom stereocenters. The lowest BCUT2D eigenvalue weighted by molar-refractivity contribution is 0.194. The smallest absolute Gasteiger partial charge is 0.397 e. The van der Waals surface area contributed by atoms with E-state index in [0.717, 1.165) is 0 Å². The van der Waals surface area contributed by atoms with E-state index in [0.29, 0.717) is 0 Å². The summed E-state index contributed by atoms with van der Waals surface area (Å²) in [5, 5.41) is 7.57. The van der Waals surface area contributed by atoms with Crippen molar-refractivity contribution in [2.45, 2.75) is 11.8 Å². The van der Waals surface area contributed by atoms with Gasteiger partial charge in [-0.15, -0.1) is 0 Å². The lowest BCUT2D eigenvalue weighted by atomic mass is 10.9. The monoisotopic (exact) mass is 166 g/mol. The summed E-state index contributed by atoms with van der Waals surface area (Å²) in [7, 11) is 0. The van der Waals surface area contributed by atoms with Crippen LogP contribution in [0.2, 0.25) is 0 Å². The standard InChI is InChI=1S/C2H6O.CCl2F2/c1-2-3;2-1(3,4)5/h3H,2H2,1H3;. The minimum Gasteiger partial charge on any atom is -0.397 e.